The zero-order valence-corrected chi connectivity index (χ0v) is 17.6. The van der Waals surface area contributed by atoms with E-state index in [4.69, 9.17) is 4.74 Å². The first-order valence-corrected chi connectivity index (χ1v) is 11.0. The highest BCUT2D eigenvalue weighted by molar-refractivity contribution is 5.62. The van der Waals surface area contributed by atoms with Gasteiger partial charge in [-0.15, -0.1) is 0 Å². The van der Waals surface area contributed by atoms with Crippen molar-refractivity contribution in [2.45, 2.75) is 57.6 Å². The summed E-state index contributed by atoms with van der Waals surface area (Å²) in [7, 11) is 1.85. The molecule has 0 saturated carbocycles. The Hall–Kier alpha value is -1.84. The fraction of sp³-hybridized carbons (Fsp3) is 0.520. The molecule has 3 nitrogen and oxygen atoms in total. The van der Waals surface area contributed by atoms with Gasteiger partial charge in [0.1, 0.15) is 0 Å². The van der Waals surface area contributed by atoms with Crippen molar-refractivity contribution >= 4 is 11.4 Å². The lowest BCUT2D eigenvalue weighted by Gasteiger charge is -2.38. The number of piperidine rings is 1. The summed E-state index contributed by atoms with van der Waals surface area (Å²) in [6.07, 6.45) is 7.98. The maximum Gasteiger partial charge on any atom is 0.0569 e. The molecule has 0 amide bonds. The average molecular weight is 381 g/mol. The van der Waals surface area contributed by atoms with Crippen molar-refractivity contribution in [3.05, 3.63) is 60.7 Å². The molecule has 1 heterocycles. The van der Waals surface area contributed by atoms with Gasteiger partial charge in [0, 0.05) is 37.6 Å². The van der Waals surface area contributed by atoms with Gasteiger partial charge in [-0.2, -0.15) is 0 Å². The third-order valence-electron chi connectivity index (χ3n) is 6.11. The van der Waals surface area contributed by atoms with Crippen LogP contribution in [0.2, 0.25) is 0 Å². The van der Waals surface area contributed by atoms with Crippen LogP contribution in [0.5, 0.6) is 0 Å². The molecule has 1 aliphatic heterocycles. The van der Waals surface area contributed by atoms with E-state index >= 15 is 0 Å². The SMILES string of the molecule is CCC(CCC1CCCCN1CCN(c1ccccc1)c1ccccc1)OC. The molecule has 1 aliphatic rings. The largest absolute Gasteiger partial charge is 0.381 e. The Balaban J connectivity index is 1.65. The Labute approximate surface area is 171 Å². The first-order chi connectivity index (χ1) is 13.8. The first kappa shape index (κ1) is 20.9. The van der Waals surface area contributed by atoms with Crippen LogP contribution >= 0.6 is 0 Å². The van der Waals surface area contributed by atoms with Crippen LogP contribution in [0.4, 0.5) is 11.4 Å². The van der Waals surface area contributed by atoms with E-state index in [1.165, 1.54) is 50.0 Å². The van der Waals surface area contributed by atoms with Crippen molar-refractivity contribution in [3.8, 4) is 0 Å². The van der Waals surface area contributed by atoms with Gasteiger partial charge in [0.25, 0.3) is 0 Å². The molecule has 1 fully saturated rings. The van der Waals surface area contributed by atoms with Crippen molar-refractivity contribution in [1.82, 2.24) is 4.90 Å². The molecule has 2 aromatic rings. The lowest BCUT2D eigenvalue weighted by atomic mass is 9.96. The van der Waals surface area contributed by atoms with Crippen molar-refractivity contribution in [3.63, 3.8) is 0 Å². The van der Waals surface area contributed by atoms with E-state index in [0.29, 0.717) is 12.1 Å². The van der Waals surface area contributed by atoms with E-state index in [1.54, 1.807) is 0 Å². The van der Waals surface area contributed by atoms with Crippen LogP contribution in [-0.4, -0.2) is 43.8 Å². The zero-order chi connectivity index (χ0) is 19.6. The second-order valence-corrected chi connectivity index (χ2v) is 7.85. The second kappa shape index (κ2) is 11.2. The van der Waals surface area contributed by atoms with E-state index in [2.05, 4.69) is 77.4 Å². The van der Waals surface area contributed by atoms with E-state index in [0.717, 1.165) is 19.5 Å². The van der Waals surface area contributed by atoms with Gasteiger partial charge >= 0.3 is 0 Å². The number of para-hydroxylation sites is 2. The summed E-state index contributed by atoms with van der Waals surface area (Å²) in [5.74, 6) is 0. The molecule has 1 saturated heterocycles. The molecule has 2 aromatic carbocycles. The normalized spacial score (nSPS) is 18.7. The van der Waals surface area contributed by atoms with Gasteiger partial charge in [0.05, 0.1) is 6.10 Å². The predicted molar refractivity (Wildman–Crippen MR) is 119 cm³/mol. The quantitative estimate of drug-likeness (QED) is 0.511. The Bertz CT molecular complexity index is 617. The smallest absolute Gasteiger partial charge is 0.0569 e. The Morgan fingerprint density at radius 1 is 1.00 bits per heavy atom. The fourth-order valence-electron chi connectivity index (χ4n) is 4.40. The van der Waals surface area contributed by atoms with E-state index in [9.17, 15) is 0 Å². The number of rotatable bonds is 10. The van der Waals surface area contributed by atoms with Crippen LogP contribution in [0.3, 0.4) is 0 Å². The standard InChI is InChI=1S/C25H36N2O/c1-3-25(28-2)18-17-22-12-10-11-19-26(22)20-21-27(23-13-6-4-7-14-23)24-15-8-5-9-16-24/h4-9,13-16,22,25H,3,10-12,17-21H2,1-2H3. The minimum Gasteiger partial charge on any atom is -0.381 e. The number of hydrogen-bond acceptors (Lipinski definition) is 3. The summed E-state index contributed by atoms with van der Waals surface area (Å²) in [4.78, 5) is 5.18. The third kappa shape index (κ3) is 5.83. The first-order valence-electron chi connectivity index (χ1n) is 11.0. The van der Waals surface area contributed by atoms with Gasteiger partial charge in [-0.1, -0.05) is 49.7 Å². The topological polar surface area (TPSA) is 15.7 Å². The molecule has 3 rings (SSSR count). The lowest BCUT2D eigenvalue weighted by molar-refractivity contribution is 0.0713. The molecular weight excluding hydrogens is 344 g/mol. The summed E-state index contributed by atoms with van der Waals surface area (Å²) >= 11 is 0. The van der Waals surface area contributed by atoms with Gasteiger partial charge < -0.3 is 9.64 Å². The van der Waals surface area contributed by atoms with E-state index in [1.807, 2.05) is 7.11 Å². The number of ether oxygens (including phenoxy) is 1. The fourth-order valence-corrected chi connectivity index (χ4v) is 4.40. The van der Waals surface area contributed by atoms with Crippen LogP contribution in [0, 0.1) is 0 Å². The lowest BCUT2D eigenvalue weighted by Crippen LogP contribution is -2.43. The number of likely N-dealkylation sites (tertiary alicyclic amines) is 1. The molecule has 2 unspecified atom stereocenters. The molecule has 0 aliphatic carbocycles. The Kier molecular flexibility index (Phi) is 8.38. The van der Waals surface area contributed by atoms with Gasteiger partial charge in [-0.3, -0.25) is 4.90 Å². The number of methoxy groups -OCH3 is 1. The Morgan fingerprint density at radius 2 is 1.64 bits per heavy atom. The molecule has 152 valence electrons. The Morgan fingerprint density at radius 3 is 2.21 bits per heavy atom. The van der Waals surface area contributed by atoms with Gasteiger partial charge in [0.2, 0.25) is 0 Å². The van der Waals surface area contributed by atoms with Crippen molar-refractivity contribution in [2.24, 2.45) is 0 Å². The minimum absolute atomic E-state index is 0.411. The highest BCUT2D eigenvalue weighted by Crippen LogP contribution is 2.26. The molecule has 0 bridgehead atoms. The van der Waals surface area contributed by atoms with Gasteiger partial charge in [-0.05, 0) is 62.9 Å². The van der Waals surface area contributed by atoms with Crippen LogP contribution in [0.15, 0.2) is 60.7 Å². The maximum absolute atomic E-state index is 5.61. The van der Waals surface area contributed by atoms with Crippen LogP contribution in [0.25, 0.3) is 0 Å². The molecule has 0 N–H and O–H groups in total. The molecular formula is C25H36N2O. The van der Waals surface area contributed by atoms with E-state index < -0.39 is 0 Å². The number of nitrogens with zero attached hydrogens (tertiary/aromatic N) is 2. The summed E-state index contributed by atoms with van der Waals surface area (Å²) in [6, 6.07) is 22.3. The third-order valence-corrected chi connectivity index (χ3v) is 6.11. The molecule has 0 spiro atoms. The highest BCUT2D eigenvalue weighted by atomic mass is 16.5. The van der Waals surface area contributed by atoms with Crippen LogP contribution in [-0.2, 0) is 4.74 Å². The van der Waals surface area contributed by atoms with Crippen LogP contribution < -0.4 is 4.90 Å². The summed E-state index contributed by atoms with van der Waals surface area (Å²) in [6.45, 7) is 5.58. The van der Waals surface area contributed by atoms with Crippen molar-refractivity contribution < 1.29 is 4.74 Å². The van der Waals surface area contributed by atoms with E-state index in [-0.39, 0.29) is 0 Å². The number of hydrogen-bond donors (Lipinski definition) is 0. The molecule has 2 atom stereocenters. The molecule has 3 heteroatoms. The zero-order valence-electron chi connectivity index (χ0n) is 17.6. The summed E-state index contributed by atoms with van der Waals surface area (Å²) in [5.41, 5.74) is 2.54. The molecule has 0 radical (unpaired) electrons. The average Bonchev–Trinajstić information content (AvgIpc) is 2.77. The molecule has 0 aromatic heterocycles. The number of anilines is 2. The van der Waals surface area contributed by atoms with Crippen molar-refractivity contribution in [1.29, 1.82) is 0 Å². The minimum atomic E-state index is 0.411. The highest BCUT2D eigenvalue weighted by Gasteiger charge is 2.23. The summed E-state index contributed by atoms with van der Waals surface area (Å²) in [5, 5.41) is 0. The second-order valence-electron chi connectivity index (χ2n) is 7.85. The summed E-state index contributed by atoms with van der Waals surface area (Å²) < 4.78 is 5.61. The maximum atomic E-state index is 5.61. The predicted octanol–water partition coefficient (Wildman–Crippen LogP) is 5.88. The van der Waals surface area contributed by atoms with Gasteiger partial charge in [0.15, 0.2) is 0 Å². The number of benzene rings is 2. The molecule has 28 heavy (non-hydrogen) atoms. The monoisotopic (exact) mass is 380 g/mol. The van der Waals surface area contributed by atoms with Crippen LogP contribution in [0.1, 0.15) is 45.4 Å². The van der Waals surface area contributed by atoms with Gasteiger partial charge in [-0.25, -0.2) is 0 Å². The van der Waals surface area contributed by atoms with Crippen molar-refractivity contribution in [2.75, 3.05) is 31.6 Å².